The summed E-state index contributed by atoms with van der Waals surface area (Å²) in [6.45, 7) is 28.1. The van der Waals surface area contributed by atoms with Gasteiger partial charge in [0.05, 0.1) is 44.1 Å². The van der Waals surface area contributed by atoms with Crippen LogP contribution in [-0.4, -0.2) is 22.2 Å². The van der Waals surface area contributed by atoms with Crippen LogP contribution in [0.3, 0.4) is 0 Å². The molecule has 0 spiro atoms. The molecular formula is C93H90N4OPtSi-2. The largest absolute Gasteiger partial charge is 0.510 e. The standard InChI is InChI=1S/C93H90N4OSi.Pt/c1-62-48-87(94-60-81(62)63-32-21-17-22-33-63)97-82-43-30-29-42-78(82)79-46-45-74(59-84(79)97)98-73-35-31-34-72(58-73)95-61-96(83-47-44-64(53-85(83)95)65-49-67(89(2,3)4)54-68(50-65)90(5,6)7)88-80(66-51-69(91(8,9)10)55-70(52-66)92(11,12)13)56-71(93(14,15)16)57-86(88)99(75-36-23-18-24-37-75,76-38-25-19-26-39-76)77-40-27-20-28-41-77;/h17-57,60H,1-16H3;/q-2;/i1D3,17D,18D,19D,20D,21D,22D,23D,24D,25D,26D,27D,28D,32D,33D,36D,37D,38D,39D,40D,41D;. The van der Waals surface area contributed by atoms with Crippen molar-refractivity contribution in [2.24, 2.45) is 0 Å². The number of imidazole rings is 1. The van der Waals surface area contributed by atoms with Gasteiger partial charge in [-0.2, -0.15) is 18.2 Å². The molecule has 0 aliphatic rings. The molecule has 3 heterocycles. The van der Waals surface area contributed by atoms with Crippen LogP contribution in [0.4, 0.5) is 0 Å². The van der Waals surface area contributed by atoms with E-state index in [0.717, 1.165) is 38.8 Å². The molecule has 0 amide bonds. The Hall–Kier alpha value is -9.45. The molecule has 0 aliphatic carbocycles. The molecule has 0 saturated heterocycles. The minimum atomic E-state index is -6.08. The van der Waals surface area contributed by atoms with Gasteiger partial charge < -0.3 is 13.9 Å². The van der Waals surface area contributed by atoms with E-state index in [1.807, 2.05) is 81.4 Å². The van der Waals surface area contributed by atoms with Crippen LogP contribution in [0.25, 0.3) is 83.4 Å². The van der Waals surface area contributed by atoms with Crippen molar-refractivity contribution in [1.82, 2.24) is 14.1 Å². The van der Waals surface area contributed by atoms with Crippen LogP contribution in [0.2, 0.25) is 0 Å². The molecule has 7 heteroatoms. The smallest absolute Gasteiger partial charge is 0.268 e. The molecule has 0 atom stereocenters. The fourth-order valence-corrected chi connectivity index (χ4v) is 16.9. The first-order valence-electron chi connectivity index (χ1n) is 44.6. The number of hydrogen-bond acceptors (Lipinski definition) is 2. The van der Waals surface area contributed by atoms with Crippen molar-refractivity contribution in [1.29, 1.82) is 0 Å². The Morgan fingerprint density at radius 1 is 0.450 bits per heavy atom. The molecule has 5 nitrogen and oxygen atoms in total. The molecule has 0 bridgehead atoms. The minimum absolute atomic E-state index is 0. The fourth-order valence-electron chi connectivity index (χ4n) is 12.9. The van der Waals surface area contributed by atoms with Gasteiger partial charge in [-0.3, -0.25) is 4.57 Å². The van der Waals surface area contributed by atoms with Crippen molar-refractivity contribution in [3.8, 4) is 62.1 Å². The summed E-state index contributed by atoms with van der Waals surface area (Å²) in [4.78, 5) is 4.77. The monoisotopic (exact) mass is 1520 g/mol. The van der Waals surface area contributed by atoms with Crippen molar-refractivity contribution in [3.63, 3.8) is 0 Å². The Morgan fingerprint density at radius 2 is 0.970 bits per heavy atom. The van der Waals surface area contributed by atoms with Gasteiger partial charge in [0, 0.05) is 54.0 Å². The summed E-state index contributed by atoms with van der Waals surface area (Å²) in [5, 5.41) is -0.766. The van der Waals surface area contributed by atoms with E-state index in [9.17, 15) is 20.6 Å². The van der Waals surface area contributed by atoms with Crippen LogP contribution in [0.15, 0.2) is 254 Å². The quantitative estimate of drug-likeness (QED) is 0.0529. The molecule has 100 heavy (non-hydrogen) atoms. The van der Waals surface area contributed by atoms with Gasteiger partial charge in [0.15, 0.2) is 8.07 Å². The number of ether oxygens (including phenoxy) is 1. The maximum Gasteiger partial charge on any atom is 0.268 e. The summed E-state index contributed by atoms with van der Waals surface area (Å²) in [6, 6.07) is 29.6. The number of pyridine rings is 1. The van der Waals surface area contributed by atoms with Crippen molar-refractivity contribution < 1.29 is 61.9 Å². The first-order valence-corrected chi connectivity index (χ1v) is 35.1. The zero-order chi connectivity index (χ0) is 89.5. The Balaban J connectivity index is 0.0000130. The summed E-state index contributed by atoms with van der Waals surface area (Å²) in [5.74, 6) is 0.355. The number of nitrogens with zero attached hydrogens (tertiary/aromatic N) is 4. The van der Waals surface area contributed by atoms with Gasteiger partial charge in [-0.05, 0) is 145 Å². The Bertz CT molecular complexity index is 6430. The first kappa shape index (κ1) is 46.1. The fraction of sp³-hybridized carbons (Fsp3) is 0.226. The first-order chi connectivity index (χ1) is 56.6. The Morgan fingerprint density at radius 3 is 1.52 bits per heavy atom. The van der Waals surface area contributed by atoms with Gasteiger partial charge in [-0.15, -0.1) is 29.7 Å². The molecule has 14 rings (SSSR count). The number of para-hydroxylation sites is 1. The molecule has 0 unspecified atom stereocenters. The number of aromatic nitrogens is 4. The second-order valence-corrected chi connectivity index (χ2v) is 34.1. The van der Waals surface area contributed by atoms with Crippen LogP contribution in [0, 0.1) is 25.3 Å². The average molecular weight is 1530 g/mol. The van der Waals surface area contributed by atoms with Crippen molar-refractivity contribution in [2.45, 2.75) is 138 Å². The average Bonchev–Trinajstić information content (AvgIpc) is 0.967. The van der Waals surface area contributed by atoms with Crippen molar-refractivity contribution >= 4 is 61.7 Å². The van der Waals surface area contributed by atoms with Gasteiger partial charge >= 0.3 is 0 Å². The van der Waals surface area contributed by atoms with Gasteiger partial charge in [0.2, 0.25) is 0 Å². The van der Waals surface area contributed by atoms with E-state index in [0.29, 0.717) is 44.1 Å². The molecule has 0 radical (unpaired) electrons. The molecule has 0 N–H and O–H groups in total. The normalized spacial score (nSPS) is 15.9. The Kier molecular flexibility index (Phi) is 12.1. The number of benzene rings is 11. The molecular weight excluding hydrogens is 1410 g/mol. The van der Waals surface area contributed by atoms with E-state index >= 15 is 0 Å². The number of fused-ring (bicyclic) bond motifs is 4. The zero-order valence-electron chi connectivity index (χ0n) is 81.7. The van der Waals surface area contributed by atoms with Gasteiger partial charge in [-0.1, -0.05) is 309 Å². The van der Waals surface area contributed by atoms with E-state index in [-0.39, 0.29) is 82.5 Å². The summed E-state index contributed by atoms with van der Waals surface area (Å²) >= 11 is 0. The molecule has 3 aromatic heterocycles. The molecule has 11 aromatic carbocycles. The maximum absolute atomic E-state index is 10.4. The second-order valence-electron chi connectivity index (χ2n) is 30.5. The third-order valence-corrected chi connectivity index (χ3v) is 22.7. The summed E-state index contributed by atoms with van der Waals surface area (Å²) in [6.07, 6.45) is 4.95. The van der Waals surface area contributed by atoms with Crippen LogP contribution < -0.4 is 30.1 Å². The summed E-state index contributed by atoms with van der Waals surface area (Å²) < 4.78 is 229. The topological polar surface area (TPSA) is 35.9 Å². The van der Waals surface area contributed by atoms with E-state index in [4.69, 9.17) is 20.7 Å². The molecule has 0 aliphatic heterocycles. The third kappa shape index (κ3) is 13.0. The van der Waals surface area contributed by atoms with Crippen LogP contribution in [-0.2, 0) is 48.1 Å². The van der Waals surface area contributed by atoms with E-state index in [2.05, 4.69) is 126 Å². The third-order valence-electron chi connectivity index (χ3n) is 18.5. The number of hydrogen-bond donors (Lipinski definition) is 0. The SMILES string of the molecule is [2H]c1c([2H])c([2H])c(-c2cnc(-n3c4[c-]c(Oc5[c-]c(-n6[c-][n+](-c7c(-c8cc(C(C)(C)C)cc(C(C)(C)C)c8)cc(C(C)(C)C)cc7[Si](c7c([2H])c([2H])c([2H])c([2H])c7[2H])(c7c([2H])c([2H])c([2H])c([2H])c7[2H])c7c([2H])c([2H])c([2H])c([2H])c7[2H])c7ccc(-c8cc(C(C)(C)C)cc(C(C)(C)C)c8)cc76)ccc5)ccc4c4ccccc43)cc2C([2H])([2H])[2H])c([2H])c1[2H].[Pt]. The maximum atomic E-state index is 10.4. The second kappa shape index (κ2) is 26.2. The molecule has 14 aromatic rings. The zero-order valence-corrected chi connectivity index (χ0v) is 62.0. The predicted molar refractivity (Wildman–Crippen MR) is 418 cm³/mol. The van der Waals surface area contributed by atoms with Gasteiger partial charge in [0.1, 0.15) is 5.82 Å². The van der Waals surface area contributed by atoms with Crippen LogP contribution in [0.1, 0.15) is 169 Å². The Labute approximate surface area is 640 Å². The van der Waals surface area contributed by atoms with Gasteiger partial charge in [-0.25, -0.2) is 4.98 Å². The van der Waals surface area contributed by atoms with Crippen LogP contribution >= 0.6 is 0 Å². The van der Waals surface area contributed by atoms with Gasteiger partial charge in [0.25, 0.3) is 6.33 Å². The summed E-state index contributed by atoms with van der Waals surface area (Å²) in [7, 11) is -6.08. The van der Waals surface area contributed by atoms with E-state index < -0.39 is 168 Å². The molecule has 0 saturated carbocycles. The number of rotatable bonds is 12. The summed E-state index contributed by atoms with van der Waals surface area (Å²) in [5.41, 5.74) is 5.13. The van der Waals surface area contributed by atoms with Crippen molar-refractivity contribution in [3.05, 3.63) is 306 Å². The predicted octanol–water partition coefficient (Wildman–Crippen LogP) is 20.8. The molecule has 504 valence electrons. The minimum Gasteiger partial charge on any atom is -0.510 e. The van der Waals surface area contributed by atoms with Crippen molar-refractivity contribution in [2.75, 3.05) is 0 Å². The van der Waals surface area contributed by atoms with E-state index in [1.165, 1.54) is 12.3 Å². The number of aryl methyl sites for hydroxylation is 1. The van der Waals surface area contributed by atoms with E-state index in [1.54, 1.807) is 50.1 Å². The molecule has 0 fully saturated rings. The van der Waals surface area contributed by atoms with Crippen LogP contribution in [0.5, 0.6) is 11.5 Å².